The number of hydrogen-bond donors (Lipinski definition) is 2. The molecule has 2 N–H and O–H groups in total. The van der Waals surface area contributed by atoms with E-state index in [1.807, 2.05) is 13.0 Å². The fourth-order valence-corrected chi connectivity index (χ4v) is 4.16. The van der Waals surface area contributed by atoms with Crippen molar-refractivity contribution in [2.45, 2.75) is 39.0 Å². The van der Waals surface area contributed by atoms with E-state index in [9.17, 15) is 14.4 Å². The first-order valence-electron chi connectivity index (χ1n) is 9.80. The Bertz CT molecular complexity index is 911. The van der Waals surface area contributed by atoms with Crippen LogP contribution in [0.5, 0.6) is 0 Å². The number of hydrogen-bond acceptors (Lipinski definition) is 4. The Kier molecular flexibility index (Phi) is 4.98. The number of rotatable bonds is 3. The van der Waals surface area contributed by atoms with Crippen LogP contribution in [0.4, 0.5) is 5.82 Å². The van der Waals surface area contributed by atoms with Crippen molar-refractivity contribution in [1.82, 2.24) is 14.9 Å². The van der Waals surface area contributed by atoms with Gasteiger partial charge in [-0.25, -0.2) is 4.98 Å². The molecule has 2 amide bonds. The Morgan fingerprint density at radius 1 is 1.21 bits per heavy atom. The summed E-state index contributed by atoms with van der Waals surface area (Å²) in [6.45, 7) is 2.89. The Labute approximate surface area is 163 Å². The van der Waals surface area contributed by atoms with Crippen molar-refractivity contribution in [2.75, 3.05) is 18.4 Å². The van der Waals surface area contributed by atoms with E-state index in [4.69, 9.17) is 0 Å². The molecule has 0 unspecified atom stereocenters. The van der Waals surface area contributed by atoms with Crippen molar-refractivity contribution in [3.63, 3.8) is 0 Å². The highest BCUT2D eigenvalue weighted by Crippen LogP contribution is 2.28. The van der Waals surface area contributed by atoms with Crippen molar-refractivity contribution in [3.05, 3.63) is 46.9 Å². The summed E-state index contributed by atoms with van der Waals surface area (Å²) in [5.74, 6) is 0.402. The number of aromatic nitrogens is 2. The summed E-state index contributed by atoms with van der Waals surface area (Å²) in [6.07, 6.45) is 5.06. The van der Waals surface area contributed by atoms with Crippen molar-refractivity contribution >= 4 is 23.4 Å². The second-order valence-electron chi connectivity index (χ2n) is 7.53. The number of pyridine rings is 1. The second kappa shape index (κ2) is 7.58. The Balaban J connectivity index is 1.39. The quantitative estimate of drug-likeness (QED) is 0.856. The Morgan fingerprint density at radius 2 is 2.00 bits per heavy atom. The summed E-state index contributed by atoms with van der Waals surface area (Å²) in [5.41, 5.74) is 2.89. The van der Waals surface area contributed by atoms with Gasteiger partial charge in [-0.2, -0.15) is 0 Å². The van der Waals surface area contributed by atoms with Gasteiger partial charge in [-0.1, -0.05) is 6.07 Å². The fourth-order valence-electron chi connectivity index (χ4n) is 4.16. The van der Waals surface area contributed by atoms with Gasteiger partial charge in [0.15, 0.2) is 5.78 Å². The number of aryl methyl sites for hydroxylation is 1. The zero-order chi connectivity index (χ0) is 19.7. The molecule has 0 bridgehead atoms. The smallest absolute Gasteiger partial charge is 0.270 e. The third-order valence-electron chi connectivity index (χ3n) is 5.72. The number of ketones is 1. The maximum Gasteiger partial charge on any atom is 0.270 e. The van der Waals surface area contributed by atoms with E-state index in [2.05, 4.69) is 15.3 Å². The first-order valence-corrected chi connectivity index (χ1v) is 9.80. The molecule has 7 heteroatoms. The van der Waals surface area contributed by atoms with E-state index in [0.29, 0.717) is 49.4 Å². The van der Waals surface area contributed by atoms with E-state index < -0.39 is 0 Å². The van der Waals surface area contributed by atoms with Crippen LogP contribution < -0.4 is 5.32 Å². The number of carbonyl (C=O) groups is 3. The molecule has 146 valence electrons. The summed E-state index contributed by atoms with van der Waals surface area (Å²) in [6, 6.07) is 5.38. The van der Waals surface area contributed by atoms with Crippen LogP contribution in [-0.4, -0.2) is 45.6 Å². The summed E-state index contributed by atoms with van der Waals surface area (Å²) in [7, 11) is 0. The molecule has 2 aromatic rings. The van der Waals surface area contributed by atoms with E-state index in [1.165, 1.54) is 0 Å². The third-order valence-corrected chi connectivity index (χ3v) is 5.72. The summed E-state index contributed by atoms with van der Waals surface area (Å²) < 4.78 is 0. The molecule has 0 aromatic carbocycles. The standard InChI is InChI=1S/C21H24N4O3/c1-13-18-15(5-4-6-16(18)26)23-19(13)21(28)25-11-8-14(9-12-25)20(27)24-17-7-2-3-10-22-17/h2-3,7,10,14,23H,4-6,8-9,11-12H2,1H3,(H,22,24,27). The Morgan fingerprint density at radius 3 is 2.68 bits per heavy atom. The van der Waals surface area contributed by atoms with Gasteiger partial charge in [0.05, 0.1) is 0 Å². The van der Waals surface area contributed by atoms with Crippen LogP contribution >= 0.6 is 0 Å². The zero-order valence-electron chi connectivity index (χ0n) is 16.0. The van der Waals surface area contributed by atoms with Crippen molar-refractivity contribution in [1.29, 1.82) is 0 Å². The van der Waals surface area contributed by atoms with Crippen LogP contribution in [0.3, 0.4) is 0 Å². The number of Topliss-reactive ketones (excluding diaryl/α,β-unsaturated/α-hetero) is 1. The van der Waals surface area contributed by atoms with E-state index in [-0.39, 0.29) is 23.5 Å². The molecule has 3 heterocycles. The van der Waals surface area contributed by atoms with Crippen LogP contribution in [-0.2, 0) is 11.2 Å². The SMILES string of the molecule is Cc1c(C(=O)N2CCC(C(=O)Nc3ccccn3)CC2)[nH]c2c1C(=O)CCC2. The highest BCUT2D eigenvalue weighted by molar-refractivity contribution is 6.04. The number of amides is 2. The Hall–Kier alpha value is -2.96. The number of H-pyrrole nitrogens is 1. The molecule has 1 saturated heterocycles. The van der Waals surface area contributed by atoms with Crippen molar-refractivity contribution < 1.29 is 14.4 Å². The predicted octanol–water partition coefficient (Wildman–Crippen LogP) is 2.73. The molecule has 0 spiro atoms. The van der Waals surface area contributed by atoms with Gasteiger partial charge in [-0.05, 0) is 50.3 Å². The fraction of sp³-hybridized carbons (Fsp3) is 0.429. The molecule has 0 saturated carbocycles. The molecule has 2 aromatic heterocycles. The highest BCUT2D eigenvalue weighted by Gasteiger charge is 2.32. The average Bonchev–Trinajstić information content (AvgIpc) is 3.06. The van der Waals surface area contributed by atoms with Crippen LogP contribution in [0.2, 0.25) is 0 Å². The maximum atomic E-state index is 13.0. The van der Waals surface area contributed by atoms with Gasteiger partial charge < -0.3 is 15.2 Å². The number of nitrogens with zero attached hydrogens (tertiary/aromatic N) is 2. The molecule has 0 atom stereocenters. The number of anilines is 1. The summed E-state index contributed by atoms with van der Waals surface area (Å²) in [5, 5.41) is 2.84. The molecule has 0 radical (unpaired) electrons. The molecule has 1 aliphatic carbocycles. The molecule has 4 rings (SSSR count). The molecule has 7 nitrogen and oxygen atoms in total. The first kappa shape index (κ1) is 18.4. The minimum Gasteiger partial charge on any atom is -0.354 e. The van der Waals surface area contributed by atoms with Crippen molar-refractivity contribution in [2.24, 2.45) is 5.92 Å². The normalized spacial score (nSPS) is 17.3. The lowest BCUT2D eigenvalue weighted by atomic mass is 9.93. The van der Waals surface area contributed by atoms with E-state index in [0.717, 1.165) is 24.1 Å². The van der Waals surface area contributed by atoms with Gasteiger partial charge in [0.25, 0.3) is 5.91 Å². The third kappa shape index (κ3) is 3.44. The molecule has 1 aliphatic heterocycles. The number of nitrogens with one attached hydrogen (secondary N) is 2. The monoisotopic (exact) mass is 380 g/mol. The minimum absolute atomic E-state index is 0.0529. The van der Waals surface area contributed by atoms with E-state index in [1.54, 1.807) is 23.2 Å². The minimum atomic E-state index is -0.134. The van der Waals surface area contributed by atoms with Crippen molar-refractivity contribution in [3.8, 4) is 0 Å². The number of likely N-dealkylation sites (tertiary alicyclic amines) is 1. The summed E-state index contributed by atoms with van der Waals surface area (Å²) >= 11 is 0. The first-order chi connectivity index (χ1) is 13.5. The molecule has 2 aliphatic rings. The number of aromatic amines is 1. The van der Waals surface area contributed by atoms with Crippen LogP contribution in [0.1, 0.15) is 57.8 Å². The zero-order valence-corrected chi connectivity index (χ0v) is 16.0. The van der Waals surface area contributed by atoms with Crippen LogP contribution in [0, 0.1) is 12.8 Å². The van der Waals surface area contributed by atoms with Gasteiger partial charge in [0.1, 0.15) is 11.5 Å². The lowest BCUT2D eigenvalue weighted by Crippen LogP contribution is -2.41. The molecule has 1 fully saturated rings. The molecular formula is C21H24N4O3. The van der Waals surface area contributed by atoms with Crippen LogP contribution in [0.25, 0.3) is 0 Å². The number of carbonyl (C=O) groups excluding carboxylic acids is 3. The van der Waals surface area contributed by atoms with Gasteiger partial charge >= 0.3 is 0 Å². The lowest BCUT2D eigenvalue weighted by Gasteiger charge is -2.31. The van der Waals surface area contributed by atoms with Gasteiger partial charge in [0, 0.05) is 42.9 Å². The molecule has 28 heavy (non-hydrogen) atoms. The summed E-state index contributed by atoms with van der Waals surface area (Å²) in [4.78, 5) is 46.7. The highest BCUT2D eigenvalue weighted by atomic mass is 16.2. The van der Waals surface area contributed by atoms with Crippen LogP contribution in [0.15, 0.2) is 24.4 Å². The van der Waals surface area contributed by atoms with Gasteiger partial charge in [0.2, 0.25) is 5.91 Å². The second-order valence-corrected chi connectivity index (χ2v) is 7.53. The predicted molar refractivity (Wildman–Crippen MR) is 104 cm³/mol. The number of piperidine rings is 1. The largest absolute Gasteiger partial charge is 0.354 e. The topological polar surface area (TPSA) is 95.2 Å². The van der Waals surface area contributed by atoms with E-state index >= 15 is 0 Å². The number of fused-ring (bicyclic) bond motifs is 1. The molecular weight excluding hydrogens is 356 g/mol. The van der Waals surface area contributed by atoms with Gasteiger partial charge in [-0.3, -0.25) is 14.4 Å². The van der Waals surface area contributed by atoms with Gasteiger partial charge in [-0.15, -0.1) is 0 Å². The lowest BCUT2D eigenvalue weighted by molar-refractivity contribution is -0.121. The maximum absolute atomic E-state index is 13.0. The average molecular weight is 380 g/mol.